The highest BCUT2D eigenvalue weighted by molar-refractivity contribution is 6.22. The molecule has 9 aromatic rings. The van der Waals surface area contributed by atoms with E-state index in [9.17, 15) is 0 Å². The second kappa shape index (κ2) is 12.0. The number of nitrogens with one attached hydrogen (secondary N) is 1. The molecular weight excluding hydrogens is 623 g/mol. The van der Waals surface area contributed by atoms with Gasteiger partial charge in [-0.25, -0.2) is 9.98 Å². The van der Waals surface area contributed by atoms with Crippen molar-refractivity contribution in [1.29, 1.82) is 0 Å². The highest BCUT2D eigenvalue weighted by Crippen LogP contribution is 2.36. The van der Waals surface area contributed by atoms with Crippen LogP contribution in [-0.4, -0.2) is 11.7 Å². The van der Waals surface area contributed by atoms with Crippen LogP contribution < -0.4 is 5.32 Å². The van der Waals surface area contributed by atoms with Gasteiger partial charge in [-0.3, -0.25) is 0 Å². The van der Waals surface area contributed by atoms with Crippen LogP contribution in [0.3, 0.4) is 0 Å². The number of rotatable bonds is 5. The molecule has 4 heteroatoms. The molecule has 1 unspecified atom stereocenters. The fourth-order valence-electron chi connectivity index (χ4n) is 7.39. The summed E-state index contributed by atoms with van der Waals surface area (Å²) in [5, 5.41) is 10.5. The zero-order valence-corrected chi connectivity index (χ0v) is 27.6. The van der Waals surface area contributed by atoms with Crippen LogP contribution in [0.2, 0.25) is 0 Å². The van der Waals surface area contributed by atoms with Gasteiger partial charge in [0, 0.05) is 27.5 Å². The van der Waals surface area contributed by atoms with E-state index in [4.69, 9.17) is 14.4 Å². The molecule has 0 radical (unpaired) electrons. The Morgan fingerprint density at radius 2 is 1.12 bits per heavy atom. The van der Waals surface area contributed by atoms with Crippen LogP contribution in [0.25, 0.3) is 65.7 Å². The number of hydrogen-bond donors (Lipinski definition) is 1. The second-order valence-corrected chi connectivity index (χ2v) is 13.0. The van der Waals surface area contributed by atoms with Crippen molar-refractivity contribution in [2.75, 3.05) is 0 Å². The minimum Gasteiger partial charge on any atom is -0.456 e. The molecule has 4 nitrogen and oxygen atoms in total. The summed E-state index contributed by atoms with van der Waals surface area (Å²) in [7, 11) is 0. The minimum absolute atomic E-state index is 0.358. The summed E-state index contributed by atoms with van der Waals surface area (Å²) >= 11 is 0. The molecule has 1 atom stereocenters. The van der Waals surface area contributed by atoms with Crippen molar-refractivity contribution >= 4 is 55.2 Å². The van der Waals surface area contributed by atoms with Crippen molar-refractivity contribution < 1.29 is 4.42 Å². The van der Waals surface area contributed by atoms with Crippen LogP contribution in [0, 0.1) is 0 Å². The lowest BCUT2D eigenvalue weighted by Gasteiger charge is -2.25. The van der Waals surface area contributed by atoms with Crippen molar-refractivity contribution in [3.05, 3.63) is 193 Å². The fourth-order valence-corrected chi connectivity index (χ4v) is 7.39. The molecule has 51 heavy (non-hydrogen) atoms. The average molecular weight is 654 g/mol. The van der Waals surface area contributed by atoms with E-state index in [1.165, 1.54) is 21.9 Å². The van der Waals surface area contributed by atoms with Crippen LogP contribution in [0.1, 0.15) is 22.9 Å². The van der Waals surface area contributed by atoms with E-state index in [0.29, 0.717) is 5.84 Å². The van der Waals surface area contributed by atoms with Gasteiger partial charge in [0.15, 0.2) is 5.84 Å². The first kappa shape index (κ1) is 29.2. The van der Waals surface area contributed by atoms with E-state index >= 15 is 0 Å². The number of nitrogens with zero attached hydrogens (tertiary/aromatic N) is 2. The number of benzene rings is 8. The summed E-state index contributed by atoms with van der Waals surface area (Å²) in [6, 6.07) is 61.7. The Hall–Kier alpha value is -6.78. The van der Waals surface area contributed by atoms with Gasteiger partial charge in [0.05, 0.1) is 0 Å². The Bertz CT molecular complexity index is 2830. The third-order valence-corrected chi connectivity index (χ3v) is 9.93. The van der Waals surface area contributed by atoms with E-state index in [0.717, 1.165) is 66.4 Å². The first-order valence-corrected chi connectivity index (χ1v) is 17.3. The van der Waals surface area contributed by atoms with Crippen LogP contribution in [-0.2, 0) is 0 Å². The van der Waals surface area contributed by atoms with Crippen molar-refractivity contribution in [3.8, 4) is 22.3 Å². The van der Waals surface area contributed by atoms with Crippen LogP contribution >= 0.6 is 0 Å². The predicted molar refractivity (Wildman–Crippen MR) is 211 cm³/mol. The monoisotopic (exact) mass is 653 g/mol. The first-order valence-electron chi connectivity index (χ1n) is 17.3. The van der Waals surface area contributed by atoms with Crippen molar-refractivity contribution in [2.24, 2.45) is 9.98 Å². The topological polar surface area (TPSA) is 49.9 Å². The predicted octanol–water partition coefficient (Wildman–Crippen LogP) is 11.7. The number of aliphatic imine (C=N–C) groups is 2. The molecule has 0 spiro atoms. The highest BCUT2D eigenvalue weighted by atomic mass is 16.3. The smallest absolute Gasteiger partial charge is 0.160 e. The maximum absolute atomic E-state index is 6.50. The fraction of sp³-hybridized carbons (Fsp3) is 0.0213. The van der Waals surface area contributed by atoms with Gasteiger partial charge >= 0.3 is 0 Å². The van der Waals surface area contributed by atoms with Gasteiger partial charge in [-0.2, -0.15) is 0 Å². The summed E-state index contributed by atoms with van der Waals surface area (Å²) in [4.78, 5) is 10.6. The van der Waals surface area contributed by atoms with E-state index in [-0.39, 0.29) is 6.17 Å². The Morgan fingerprint density at radius 1 is 0.451 bits per heavy atom. The van der Waals surface area contributed by atoms with E-state index in [1.807, 2.05) is 18.2 Å². The standard InChI is InChI=1S/C47H31N3O/c1-3-11-30(12-4-1)34-23-21-32-22-24-36(28-37(32)27-34)45-48-46(39-18-9-16-33-15-7-8-17-38(33)39)50-47(49-45)41-19-10-20-42-44(41)40-26-25-35(29-43(40)51-42)31-13-5-2-6-14-31/h1-29,46H,(H,48,49,50). The van der Waals surface area contributed by atoms with Gasteiger partial charge in [0.2, 0.25) is 0 Å². The molecule has 0 saturated carbocycles. The summed E-state index contributed by atoms with van der Waals surface area (Å²) in [6.07, 6.45) is -0.358. The van der Waals surface area contributed by atoms with Gasteiger partial charge in [0.25, 0.3) is 0 Å². The zero-order valence-electron chi connectivity index (χ0n) is 27.6. The first-order chi connectivity index (χ1) is 25.2. The molecule has 1 N–H and O–H groups in total. The number of furan rings is 1. The van der Waals surface area contributed by atoms with E-state index in [1.54, 1.807) is 0 Å². The molecule has 1 aromatic heterocycles. The van der Waals surface area contributed by atoms with Crippen molar-refractivity contribution in [1.82, 2.24) is 5.32 Å². The quantitative estimate of drug-likeness (QED) is 0.201. The highest BCUT2D eigenvalue weighted by Gasteiger charge is 2.25. The third-order valence-electron chi connectivity index (χ3n) is 9.93. The number of amidine groups is 2. The molecule has 8 aromatic carbocycles. The molecule has 1 aliphatic rings. The lowest BCUT2D eigenvalue weighted by atomic mass is 9.98. The third kappa shape index (κ3) is 5.17. The molecule has 0 aliphatic carbocycles. The second-order valence-electron chi connectivity index (χ2n) is 13.0. The molecule has 240 valence electrons. The Labute approximate surface area is 295 Å². The average Bonchev–Trinajstić information content (AvgIpc) is 3.59. The summed E-state index contributed by atoms with van der Waals surface area (Å²) in [5.74, 6) is 1.45. The Kier molecular flexibility index (Phi) is 6.85. The van der Waals surface area contributed by atoms with Crippen molar-refractivity contribution in [3.63, 3.8) is 0 Å². The van der Waals surface area contributed by atoms with Gasteiger partial charge < -0.3 is 9.73 Å². The zero-order chi connectivity index (χ0) is 33.7. The molecule has 2 heterocycles. The van der Waals surface area contributed by atoms with Gasteiger partial charge in [0.1, 0.15) is 23.2 Å². The summed E-state index contributed by atoms with van der Waals surface area (Å²) < 4.78 is 6.50. The number of hydrogen-bond acceptors (Lipinski definition) is 4. The van der Waals surface area contributed by atoms with Crippen LogP contribution in [0.15, 0.2) is 190 Å². The molecule has 0 bridgehead atoms. The normalized spacial score (nSPS) is 14.5. The lowest BCUT2D eigenvalue weighted by molar-refractivity contribution is 0.668. The van der Waals surface area contributed by atoms with Crippen LogP contribution in [0.5, 0.6) is 0 Å². The molecule has 1 aliphatic heterocycles. The number of fused-ring (bicyclic) bond motifs is 5. The molecule has 10 rings (SSSR count). The largest absolute Gasteiger partial charge is 0.456 e. The van der Waals surface area contributed by atoms with E-state index < -0.39 is 0 Å². The summed E-state index contributed by atoms with van der Waals surface area (Å²) in [6.45, 7) is 0. The molecule has 0 amide bonds. The lowest BCUT2D eigenvalue weighted by Crippen LogP contribution is -2.33. The van der Waals surface area contributed by atoms with Gasteiger partial charge in [-0.15, -0.1) is 0 Å². The molecule has 0 saturated heterocycles. The molecule has 0 fully saturated rings. The maximum Gasteiger partial charge on any atom is 0.160 e. The van der Waals surface area contributed by atoms with Crippen molar-refractivity contribution in [2.45, 2.75) is 6.17 Å². The minimum atomic E-state index is -0.358. The van der Waals surface area contributed by atoms with Crippen LogP contribution in [0.4, 0.5) is 0 Å². The van der Waals surface area contributed by atoms with Gasteiger partial charge in [-0.1, -0.05) is 146 Å². The Balaban J connectivity index is 1.15. The summed E-state index contributed by atoms with van der Waals surface area (Å²) in [5.41, 5.74) is 9.34. The SMILES string of the molecule is c1ccc(-c2ccc3ccc(C4=NC(c5cccc6oc7cc(-c8ccccc8)ccc7c56)=NC(c5cccc6ccccc56)N4)cc3c2)cc1. The maximum atomic E-state index is 6.50. The Morgan fingerprint density at radius 3 is 1.94 bits per heavy atom. The molecular formula is C47H31N3O. The van der Waals surface area contributed by atoms with E-state index in [2.05, 4.69) is 163 Å². The van der Waals surface area contributed by atoms with Gasteiger partial charge in [-0.05, 0) is 74.1 Å².